The van der Waals surface area contributed by atoms with Crippen LogP contribution in [0.1, 0.15) is 37.4 Å². The fourth-order valence-corrected chi connectivity index (χ4v) is 4.48. The second-order valence-electron chi connectivity index (χ2n) is 7.81. The number of fused-ring (bicyclic) bond motifs is 4. The van der Waals surface area contributed by atoms with Crippen molar-refractivity contribution in [2.45, 2.75) is 32.7 Å². The van der Waals surface area contributed by atoms with E-state index in [1.54, 1.807) is 0 Å². The van der Waals surface area contributed by atoms with Crippen LogP contribution in [0.15, 0.2) is 84.9 Å². The summed E-state index contributed by atoms with van der Waals surface area (Å²) in [5, 5.41) is 5.40. The number of benzene rings is 4. The molecule has 0 saturated heterocycles. The number of hydrogen-bond donors (Lipinski definition) is 0. The molecule has 0 fully saturated rings. The maximum Gasteiger partial charge on any atom is 0.0494 e. The zero-order valence-corrected chi connectivity index (χ0v) is 16.5. The molecule has 1 aromatic heterocycles. The Bertz CT molecular complexity index is 1290. The molecule has 1 unspecified atom stereocenters. The summed E-state index contributed by atoms with van der Waals surface area (Å²) in [6, 6.07) is 31.6. The quantitative estimate of drug-likeness (QED) is 0.311. The Balaban J connectivity index is 1.67. The summed E-state index contributed by atoms with van der Waals surface area (Å²) in [5.41, 5.74) is 5.45. The summed E-state index contributed by atoms with van der Waals surface area (Å²) >= 11 is 0. The molecular formula is C27H25N. The van der Waals surface area contributed by atoms with Crippen LogP contribution in [0.4, 0.5) is 0 Å². The molecular weight excluding hydrogens is 338 g/mol. The minimum absolute atomic E-state index is 0.492. The van der Waals surface area contributed by atoms with Gasteiger partial charge in [0, 0.05) is 27.8 Å². The summed E-state index contributed by atoms with van der Waals surface area (Å²) in [6.07, 6.45) is 2.09. The van der Waals surface area contributed by atoms with Gasteiger partial charge in [-0.2, -0.15) is 0 Å². The van der Waals surface area contributed by atoms with Crippen LogP contribution in [-0.4, -0.2) is 4.57 Å². The zero-order valence-electron chi connectivity index (χ0n) is 16.5. The van der Waals surface area contributed by atoms with E-state index in [0.717, 1.165) is 12.8 Å². The molecule has 0 aliphatic rings. The van der Waals surface area contributed by atoms with Crippen molar-refractivity contribution in [2.24, 2.45) is 0 Å². The molecule has 0 aliphatic heterocycles. The fraction of sp³-hybridized carbons (Fsp3) is 0.185. The molecule has 0 bridgehead atoms. The van der Waals surface area contributed by atoms with Crippen molar-refractivity contribution >= 4 is 32.6 Å². The van der Waals surface area contributed by atoms with Crippen LogP contribution in [0, 0.1) is 0 Å². The molecule has 138 valence electrons. The van der Waals surface area contributed by atoms with E-state index >= 15 is 0 Å². The highest BCUT2D eigenvalue weighted by Crippen LogP contribution is 2.34. The molecule has 28 heavy (non-hydrogen) atoms. The van der Waals surface area contributed by atoms with E-state index in [2.05, 4.69) is 103 Å². The van der Waals surface area contributed by atoms with Gasteiger partial charge >= 0.3 is 0 Å². The summed E-state index contributed by atoms with van der Waals surface area (Å²) < 4.78 is 2.51. The lowest BCUT2D eigenvalue weighted by atomic mass is 9.97. The van der Waals surface area contributed by atoms with Crippen LogP contribution in [0.2, 0.25) is 0 Å². The first kappa shape index (κ1) is 17.1. The number of nitrogens with zero attached hydrogens (tertiary/aromatic N) is 1. The van der Waals surface area contributed by atoms with E-state index in [9.17, 15) is 0 Å². The molecule has 0 saturated carbocycles. The fourth-order valence-electron chi connectivity index (χ4n) is 4.48. The highest BCUT2D eigenvalue weighted by Gasteiger charge is 2.14. The van der Waals surface area contributed by atoms with E-state index in [1.165, 1.54) is 43.7 Å². The largest absolute Gasteiger partial charge is 0.338 e. The van der Waals surface area contributed by atoms with Crippen molar-refractivity contribution in [3.63, 3.8) is 0 Å². The minimum Gasteiger partial charge on any atom is -0.338 e. The average molecular weight is 364 g/mol. The molecule has 1 heteroatoms. The molecule has 0 radical (unpaired) electrons. The van der Waals surface area contributed by atoms with Gasteiger partial charge in [-0.05, 0) is 59.9 Å². The Morgan fingerprint density at radius 3 is 2.29 bits per heavy atom. The molecule has 5 aromatic rings. The monoisotopic (exact) mass is 363 g/mol. The lowest BCUT2D eigenvalue weighted by Crippen LogP contribution is -2.03. The molecule has 4 aromatic carbocycles. The van der Waals surface area contributed by atoms with E-state index in [4.69, 9.17) is 0 Å². The summed E-state index contributed by atoms with van der Waals surface area (Å²) in [7, 11) is 0. The average Bonchev–Trinajstić information content (AvgIpc) is 3.07. The highest BCUT2D eigenvalue weighted by molar-refractivity contribution is 6.08. The molecule has 0 amide bonds. The molecule has 1 atom stereocenters. The zero-order chi connectivity index (χ0) is 19.1. The molecule has 0 aliphatic carbocycles. The Morgan fingerprint density at radius 1 is 0.714 bits per heavy atom. The van der Waals surface area contributed by atoms with Crippen LogP contribution >= 0.6 is 0 Å². The number of aromatic nitrogens is 1. The molecule has 0 N–H and O–H groups in total. The van der Waals surface area contributed by atoms with Gasteiger partial charge in [0.05, 0.1) is 0 Å². The Morgan fingerprint density at radius 2 is 1.43 bits per heavy atom. The standard InChI is InChI=1S/C27H25N/c1-3-19(2)28-26-14-7-6-13-24(26)25-18-20(15-16-27(25)28)17-22-11-8-10-21-9-4-5-12-23(21)22/h4-16,18-19H,3,17H2,1-2H3. The molecule has 5 rings (SSSR count). The van der Waals surface area contributed by atoms with Crippen molar-refractivity contribution in [3.05, 3.63) is 96.1 Å². The van der Waals surface area contributed by atoms with Crippen molar-refractivity contribution < 1.29 is 0 Å². The smallest absolute Gasteiger partial charge is 0.0494 e. The third-order valence-corrected chi connectivity index (χ3v) is 6.08. The van der Waals surface area contributed by atoms with E-state index < -0.39 is 0 Å². The van der Waals surface area contributed by atoms with Crippen molar-refractivity contribution in [1.29, 1.82) is 0 Å². The van der Waals surface area contributed by atoms with Gasteiger partial charge in [-0.25, -0.2) is 0 Å². The molecule has 1 heterocycles. The van der Waals surface area contributed by atoms with E-state index in [1.807, 2.05) is 0 Å². The van der Waals surface area contributed by atoms with E-state index in [0.29, 0.717) is 6.04 Å². The van der Waals surface area contributed by atoms with Crippen LogP contribution in [0.5, 0.6) is 0 Å². The molecule has 1 nitrogen and oxygen atoms in total. The van der Waals surface area contributed by atoms with Crippen molar-refractivity contribution in [1.82, 2.24) is 4.57 Å². The highest BCUT2D eigenvalue weighted by atomic mass is 15.0. The van der Waals surface area contributed by atoms with Gasteiger partial charge in [-0.3, -0.25) is 0 Å². The van der Waals surface area contributed by atoms with Crippen LogP contribution in [-0.2, 0) is 6.42 Å². The predicted molar refractivity (Wildman–Crippen MR) is 121 cm³/mol. The second kappa shape index (κ2) is 6.83. The Labute approximate surface area is 166 Å². The van der Waals surface area contributed by atoms with Crippen LogP contribution < -0.4 is 0 Å². The van der Waals surface area contributed by atoms with Crippen molar-refractivity contribution in [2.75, 3.05) is 0 Å². The topological polar surface area (TPSA) is 4.93 Å². The lowest BCUT2D eigenvalue weighted by Gasteiger charge is -2.15. The maximum atomic E-state index is 2.51. The van der Waals surface area contributed by atoms with Crippen LogP contribution in [0.3, 0.4) is 0 Å². The summed E-state index contributed by atoms with van der Waals surface area (Å²) in [4.78, 5) is 0. The number of para-hydroxylation sites is 1. The third kappa shape index (κ3) is 2.70. The summed E-state index contributed by atoms with van der Waals surface area (Å²) in [6.45, 7) is 4.58. The summed E-state index contributed by atoms with van der Waals surface area (Å²) in [5.74, 6) is 0. The first-order valence-corrected chi connectivity index (χ1v) is 10.2. The Kier molecular flexibility index (Phi) is 4.16. The third-order valence-electron chi connectivity index (χ3n) is 6.08. The van der Waals surface area contributed by atoms with Gasteiger partial charge in [-0.15, -0.1) is 0 Å². The second-order valence-corrected chi connectivity index (χ2v) is 7.81. The number of hydrogen-bond acceptors (Lipinski definition) is 0. The first-order chi connectivity index (χ1) is 13.8. The van der Waals surface area contributed by atoms with Crippen molar-refractivity contribution in [3.8, 4) is 0 Å². The van der Waals surface area contributed by atoms with Gasteiger partial charge in [-0.1, -0.05) is 73.7 Å². The molecule has 0 spiro atoms. The lowest BCUT2D eigenvalue weighted by molar-refractivity contribution is 0.563. The number of rotatable bonds is 4. The van der Waals surface area contributed by atoms with Gasteiger partial charge in [0.1, 0.15) is 0 Å². The van der Waals surface area contributed by atoms with Gasteiger partial charge in [0.25, 0.3) is 0 Å². The van der Waals surface area contributed by atoms with Gasteiger partial charge in [0.15, 0.2) is 0 Å². The van der Waals surface area contributed by atoms with Crippen LogP contribution in [0.25, 0.3) is 32.6 Å². The Hall–Kier alpha value is -3.06. The minimum atomic E-state index is 0.492. The van der Waals surface area contributed by atoms with Gasteiger partial charge < -0.3 is 4.57 Å². The van der Waals surface area contributed by atoms with Gasteiger partial charge in [0.2, 0.25) is 0 Å². The SMILES string of the molecule is CCC(C)n1c2ccccc2c2cc(Cc3cccc4ccccc34)ccc21. The van der Waals surface area contributed by atoms with E-state index in [-0.39, 0.29) is 0 Å². The normalized spacial score (nSPS) is 12.8. The predicted octanol–water partition coefficient (Wildman–Crippen LogP) is 7.51. The first-order valence-electron chi connectivity index (χ1n) is 10.2. The maximum absolute atomic E-state index is 2.51.